The molecule has 0 saturated carbocycles. The van der Waals surface area contributed by atoms with Crippen molar-refractivity contribution in [3.63, 3.8) is 0 Å². The van der Waals surface area contributed by atoms with E-state index in [9.17, 15) is 4.79 Å². The Morgan fingerprint density at radius 2 is 1.70 bits per heavy atom. The molecule has 168 valence electrons. The minimum Gasteiger partial charge on any atom is -0.321 e. The van der Waals surface area contributed by atoms with Gasteiger partial charge in [-0.2, -0.15) is 4.98 Å². The zero-order chi connectivity index (χ0) is 22.8. The normalized spacial score (nSPS) is 14.2. The van der Waals surface area contributed by atoms with E-state index in [1.165, 1.54) is 0 Å². The van der Waals surface area contributed by atoms with Gasteiger partial charge in [0, 0.05) is 37.3 Å². The zero-order valence-electron chi connectivity index (χ0n) is 18.7. The van der Waals surface area contributed by atoms with E-state index in [1.807, 2.05) is 64.4 Å². The maximum atomic E-state index is 12.8. The van der Waals surface area contributed by atoms with Crippen molar-refractivity contribution < 1.29 is 9.32 Å². The summed E-state index contributed by atoms with van der Waals surface area (Å²) in [6.07, 6.45) is 0. The third-order valence-corrected chi connectivity index (χ3v) is 5.90. The van der Waals surface area contributed by atoms with Crippen molar-refractivity contribution >= 4 is 28.6 Å². The van der Waals surface area contributed by atoms with Crippen LogP contribution < -0.4 is 10.2 Å². The number of fused-ring (bicyclic) bond motifs is 1. The highest BCUT2D eigenvalue weighted by Gasteiger charge is 2.25. The van der Waals surface area contributed by atoms with Crippen molar-refractivity contribution in [3.05, 3.63) is 66.2 Å². The zero-order valence-corrected chi connectivity index (χ0v) is 18.7. The van der Waals surface area contributed by atoms with Crippen LogP contribution in [0.15, 0.2) is 65.2 Å². The predicted octanol–water partition coefficient (Wildman–Crippen LogP) is 4.76. The van der Waals surface area contributed by atoms with E-state index in [-0.39, 0.29) is 6.03 Å². The first-order valence-electron chi connectivity index (χ1n) is 11.2. The average molecular weight is 443 g/mol. The van der Waals surface area contributed by atoms with Crippen LogP contribution in [-0.2, 0) is 0 Å². The molecule has 0 atom stereocenters. The molecule has 5 rings (SSSR count). The first kappa shape index (κ1) is 20.9. The van der Waals surface area contributed by atoms with E-state index in [2.05, 4.69) is 40.4 Å². The fourth-order valence-corrected chi connectivity index (χ4v) is 4.05. The standard InChI is InChI=1S/C25H26N6O2/c1-17(2)19-8-4-6-10-21(19)27-24(32)30-13-15-31(16-14-30)25-28-23(29-33-25)22-12-11-18-7-3-5-9-20(18)26-22/h3-12,17H,13-16H2,1-2H3,(H,27,32). The number of benzene rings is 2. The maximum absolute atomic E-state index is 12.8. The summed E-state index contributed by atoms with van der Waals surface area (Å²) in [7, 11) is 0. The number of anilines is 2. The van der Waals surface area contributed by atoms with Gasteiger partial charge in [0.1, 0.15) is 5.69 Å². The van der Waals surface area contributed by atoms with Gasteiger partial charge in [0.05, 0.1) is 5.52 Å². The van der Waals surface area contributed by atoms with E-state index >= 15 is 0 Å². The molecule has 2 aromatic heterocycles. The number of piperazine rings is 1. The Morgan fingerprint density at radius 1 is 0.939 bits per heavy atom. The van der Waals surface area contributed by atoms with Gasteiger partial charge >= 0.3 is 12.0 Å². The largest absolute Gasteiger partial charge is 0.324 e. The van der Waals surface area contributed by atoms with E-state index in [4.69, 9.17) is 4.52 Å². The first-order chi connectivity index (χ1) is 16.1. The quantitative estimate of drug-likeness (QED) is 0.490. The molecule has 0 radical (unpaired) electrons. The molecule has 1 aliphatic heterocycles. The SMILES string of the molecule is CC(C)c1ccccc1NC(=O)N1CCN(c2nc(-c3ccc4ccccc4n3)no2)CC1. The molecule has 3 heterocycles. The lowest BCUT2D eigenvalue weighted by Gasteiger charge is -2.33. The van der Waals surface area contributed by atoms with E-state index in [0.717, 1.165) is 22.2 Å². The van der Waals surface area contributed by atoms with Gasteiger partial charge in [0.2, 0.25) is 5.82 Å². The highest BCUT2D eigenvalue weighted by molar-refractivity contribution is 5.90. The fourth-order valence-electron chi connectivity index (χ4n) is 4.05. The Labute approximate surface area is 192 Å². The Balaban J connectivity index is 1.23. The molecular weight excluding hydrogens is 416 g/mol. The molecule has 1 aliphatic rings. The van der Waals surface area contributed by atoms with Gasteiger partial charge in [0.15, 0.2) is 0 Å². The van der Waals surface area contributed by atoms with Crippen molar-refractivity contribution in [2.45, 2.75) is 19.8 Å². The number of nitrogens with one attached hydrogen (secondary N) is 1. The van der Waals surface area contributed by atoms with Crippen LogP contribution >= 0.6 is 0 Å². The number of para-hydroxylation sites is 2. The molecule has 1 saturated heterocycles. The second kappa shape index (κ2) is 8.90. The van der Waals surface area contributed by atoms with Gasteiger partial charge in [-0.3, -0.25) is 0 Å². The van der Waals surface area contributed by atoms with Crippen LogP contribution in [0.3, 0.4) is 0 Å². The molecule has 33 heavy (non-hydrogen) atoms. The highest BCUT2D eigenvalue weighted by atomic mass is 16.5. The molecule has 0 aliphatic carbocycles. The molecule has 2 aromatic carbocycles. The summed E-state index contributed by atoms with van der Waals surface area (Å²) in [6.45, 7) is 6.62. The number of hydrogen-bond donors (Lipinski definition) is 1. The monoisotopic (exact) mass is 442 g/mol. The third-order valence-electron chi connectivity index (χ3n) is 5.90. The van der Waals surface area contributed by atoms with Crippen molar-refractivity contribution in [1.82, 2.24) is 20.0 Å². The second-order valence-electron chi connectivity index (χ2n) is 8.44. The van der Waals surface area contributed by atoms with Crippen LogP contribution in [0.1, 0.15) is 25.3 Å². The summed E-state index contributed by atoms with van der Waals surface area (Å²) < 4.78 is 5.51. The Morgan fingerprint density at radius 3 is 2.52 bits per heavy atom. The number of aromatic nitrogens is 3. The van der Waals surface area contributed by atoms with Crippen LogP contribution in [0, 0.1) is 0 Å². The van der Waals surface area contributed by atoms with E-state index in [1.54, 1.807) is 0 Å². The molecule has 0 unspecified atom stereocenters. The lowest BCUT2D eigenvalue weighted by Crippen LogP contribution is -2.50. The van der Waals surface area contributed by atoms with Crippen LogP contribution in [0.4, 0.5) is 16.5 Å². The van der Waals surface area contributed by atoms with Gasteiger partial charge in [-0.05, 0) is 29.7 Å². The Kier molecular flexibility index (Phi) is 5.64. The van der Waals surface area contributed by atoms with Gasteiger partial charge < -0.3 is 19.6 Å². The van der Waals surface area contributed by atoms with Gasteiger partial charge in [-0.25, -0.2) is 9.78 Å². The summed E-state index contributed by atoms with van der Waals surface area (Å²) >= 11 is 0. The summed E-state index contributed by atoms with van der Waals surface area (Å²) in [5.74, 6) is 0.795. The molecule has 1 fully saturated rings. The summed E-state index contributed by atoms with van der Waals surface area (Å²) in [5.41, 5.74) is 3.56. The minimum atomic E-state index is -0.0886. The van der Waals surface area contributed by atoms with Crippen molar-refractivity contribution in [1.29, 1.82) is 0 Å². The predicted molar refractivity (Wildman–Crippen MR) is 128 cm³/mol. The van der Waals surface area contributed by atoms with Crippen LogP contribution in [0.5, 0.6) is 0 Å². The number of hydrogen-bond acceptors (Lipinski definition) is 6. The fraction of sp³-hybridized carbons (Fsp3) is 0.280. The lowest BCUT2D eigenvalue weighted by molar-refractivity contribution is 0.206. The van der Waals surface area contributed by atoms with E-state index < -0.39 is 0 Å². The smallest absolute Gasteiger partial charge is 0.321 e. The topological polar surface area (TPSA) is 87.4 Å². The number of pyridine rings is 1. The van der Waals surface area contributed by atoms with Crippen LogP contribution in [0.2, 0.25) is 0 Å². The van der Waals surface area contributed by atoms with Crippen molar-refractivity contribution in [2.75, 3.05) is 36.4 Å². The Bertz CT molecular complexity index is 1280. The summed E-state index contributed by atoms with van der Waals surface area (Å²) in [4.78, 5) is 25.8. The van der Waals surface area contributed by atoms with Gasteiger partial charge in [-0.1, -0.05) is 61.5 Å². The molecular formula is C25H26N6O2. The summed E-state index contributed by atoms with van der Waals surface area (Å²) in [5, 5.41) is 8.25. The molecule has 0 bridgehead atoms. The Hall–Kier alpha value is -3.94. The van der Waals surface area contributed by atoms with Gasteiger partial charge in [0.25, 0.3) is 0 Å². The molecule has 0 spiro atoms. The second-order valence-corrected chi connectivity index (χ2v) is 8.44. The summed E-state index contributed by atoms with van der Waals surface area (Å²) in [6, 6.07) is 20.1. The molecule has 8 heteroatoms. The molecule has 1 N–H and O–H groups in total. The number of amides is 2. The number of rotatable bonds is 4. The van der Waals surface area contributed by atoms with Gasteiger partial charge in [-0.15, -0.1) is 0 Å². The lowest BCUT2D eigenvalue weighted by atomic mass is 10.0. The number of urea groups is 1. The van der Waals surface area contributed by atoms with E-state index in [0.29, 0.717) is 49.6 Å². The van der Waals surface area contributed by atoms with Crippen LogP contribution in [0.25, 0.3) is 22.4 Å². The third kappa shape index (κ3) is 4.37. The molecule has 4 aromatic rings. The first-order valence-corrected chi connectivity index (χ1v) is 11.2. The maximum Gasteiger partial charge on any atom is 0.324 e. The van der Waals surface area contributed by atoms with Crippen molar-refractivity contribution in [3.8, 4) is 11.5 Å². The van der Waals surface area contributed by atoms with Crippen molar-refractivity contribution in [2.24, 2.45) is 0 Å². The number of nitrogens with zero attached hydrogens (tertiary/aromatic N) is 5. The molecule has 8 nitrogen and oxygen atoms in total. The number of carbonyl (C=O) groups excluding carboxylic acids is 1. The highest BCUT2D eigenvalue weighted by Crippen LogP contribution is 2.25. The average Bonchev–Trinajstić information content (AvgIpc) is 3.34. The molecule has 2 amide bonds. The minimum absolute atomic E-state index is 0.0886. The van der Waals surface area contributed by atoms with Crippen LogP contribution in [-0.4, -0.2) is 52.2 Å². The number of carbonyl (C=O) groups is 1.